The fraction of sp³-hybridized carbons (Fsp3) is 0.611. The lowest BCUT2D eigenvalue weighted by atomic mass is 9.70. The summed E-state index contributed by atoms with van der Waals surface area (Å²) < 4.78 is 6.04. The van der Waals surface area contributed by atoms with Crippen molar-refractivity contribution in [3.63, 3.8) is 0 Å². The number of carbonyl (C=O) groups excluding carboxylic acids is 1. The van der Waals surface area contributed by atoms with Gasteiger partial charge in [-0.05, 0) is 48.1 Å². The molecule has 0 radical (unpaired) electrons. The number of halogens is 1. The van der Waals surface area contributed by atoms with Crippen LogP contribution in [0.2, 0.25) is 5.02 Å². The molecular formula is C18H23ClO2. The molecule has 3 rings (SSSR count). The summed E-state index contributed by atoms with van der Waals surface area (Å²) in [7, 11) is 0. The Hall–Kier alpha value is -0.860. The van der Waals surface area contributed by atoms with Crippen LogP contribution in [-0.2, 0) is 4.74 Å². The molecule has 1 aromatic rings. The Morgan fingerprint density at radius 2 is 2.14 bits per heavy atom. The van der Waals surface area contributed by atoms with E-state index in [9.17, 15) is 4.79 Å². The molecule has 2 nitrogen and oxygen atoms in total. The fourth-order valence-electron chi connectivity index (χ4n) is 4.30. The van der Waals surface area contributed by atoms with Gasteiger partial charge in [-0.3, -0.25) is 4.79 Å². The van der Waals surface area contributed by atoms with Crippen molar-refractivity contribution in [2.75, 3.05) is 6.61 Å². The van der Waals surface area contributed by atoms with Gasteiger partial charge in [0.25, 0.3) is 0 Å². The molecule has 2 bridgehead atoms. The second-order valence-corrected chi connectivity index (χ2v) is 7.78. The Balaban J connectivity index is 1.66. The first kappa shape index (κ1) is 15.1. The van der Waals surface area contributed by atoms with E-state index in [1.807, 2.05) is 0 Å². The number of fused-ring (bicyclic) bond motifs is 2. The third-order valence-corrected chi connectivity index (χ3v) is 6.51. The molecule has 0 spiro atoms. The lowest BCUT2D eigenvalue weighted by Crippen LogP contribution is -2.38. The Labute approximate surface area is 131 Å². The smallest absolute Gasteiger partial charge is 0.188 e. The first-order valence-electron chi connectivity index (χ1n) is 7.75. The van der Waals surface area contributed by atoms with Crippen molar-refractivity contribution in [1.29, 1.82) is 0 Å². The second kappa shape index (κ2) is 5.10. The first-order chi connectivity index (χ1) is 9.84. The monoisotopic (exact) mass is 306 g/mol. The largest absolute Gasteiger partial charge is 0.369 e. The molecular weight excluding hydrogens is 284 g/mol. The quantitative estimate of drug-likeness (QED) is 0.750. The Morgan fingerprint density at radius 1 is 1.38 bits per heavy atom. The van der Waals surface area contributed by atoms with E-state index in [1.165, 1.54) is 12.8 Å². The van der Waals surface area contributed by atoms with E-state index in [4.69, 9.17) is 16.3 Å². The van der Waals surface area contributed by atoms with Crippen molar-refractivity contribution in [2.45, 2.75) is 46.1 Å². The highest BCUT2D eigenvalue weighted by Crippen LogP contribution is 2.66. The highest BCUT2D eigenvalue weighted by molar-refractivity contribution is 6.31. The predicted molar refractivity (Wildman–Crippen MR) is 84.8 cm³/mol. The van der Waals surface area contributed by atoms with Crippen LogP contribution in [0.25, 0.3) is 0 Å². The van der Waals surface area contributed by atoms with Crippen molar-refractivity contribution in [2.24, 2.45) is 16.7 Å². The van der Waals surface area contributed by atoms with Gasteiger partial charge in [0, 0.05) is 10.6 Å². The number of Topliss-reactive ketones (excluding diaryl/α,β-unsaturated/α-hetero) is 1. The molecule has 3 unspecified atom stereocenters. The maximum absolute atomic E-state index is 12.2. The van der Waals surface area contributed by atoms with Crippen molar-refractivity contribution in [3.8, 4) is 0 Å². The summed E-state index contributed by atoms with van der Waals surface area (Å²) >= 11 is 5.93. The minimum Gasteiger partial charge on any atom is -0.369 e. The molecule has 2 aliphatic rings. The van der Waals surface area contributed by atoms with Crippen molar-refractivity contribution in [1.82, 2.24) is 0 Å². The molecule has 0 aliphatic heterocycles. The van der Waals surface area contributed by atoms with Gasteiger partial charge < -0.3 is 4.74 Å². The first-order valence-corrected chi connectivity index (χ1v) is 8.13. The number of carbonyl (C=O) groups is 1. The number of ketones is 1. The van der Waals surface area contributed by atoms with Gasteiger partial charge in [0.15, 0.2) is 5.78 Å². The molecule has 3 atom stereocenters. The minimum atomic E-state index is 0.0154. The third kappa shape index (κ3) is 2.33. The summed E-state index contributed by atoms with van der Waals surface area (Å²) in [5.41, 5.74) is 1.15. The third-order valence-electron chi connectivity index (χ3n) is 6.28. The summed E-state index contributed by atoms with van der Waals surface area (Å²) in [6.07, 6.45) is 3.80. The van der Waals surface area contributed by atoms with Gasteiger partial charge in [0.05, 0.1) is 6.10 Å². The van der Waals surface area contributed by atoms with E-state index < -0.39 is 0 Å². The molecule has 1 aromatic carbocycles. The summed E-state index contributed by atoms with van der Waals surface area (Å²) in [5, 5.41) is 0.592. The molecule has 0 heterocycles. The van der Waals surface area contributed by atoms with Crippen LogP contribution in [0.5, 0.6) is 0 Å². The van der Waals surface area contributed by atoms with Crippen LogP contribution < -0.4 is 0 Å². The maximum Gasteiger partial charge on any atom is 0.188 e. The van der Waals surface area contributed by atoms with Gasteiger partial charge in [-0.2, -0.15) is 0 Å². The van der Waals surface area contributed by atoms with Gasteiger partial charge in [0.1, 0.15) is 6.61 Å². The Kier molecular flexibility index (Phi) is 3.66. The maximum atomic E-state index is 12.2. The molecule has 3 heteroatoms. The SMILES string of the molecule is CC1(C)C2CCC1(C)C(OCC(=O)c1cccc(Cl)c1)C2. The standard InChI is InChI=1S/C18H23ClO2/c1-17(2)13-7-8-18(17,3)16(10-13)21-11-15(20)12-5-4-6-14(19)9-12/h4-6,9,13,16H,7-8,10-11H2,1-3H3. The molecule has 0 aromatic heterocycles. The zero-order valence-corrected chi connectivity index (χ0v) is 13.7. The normalized spacial score (nSPS) is 33.3. The van der Waals surface area contributed by atoms with Crippen LogP contribution in [0.15, 0.2) is 24.3 Å². The van der Waals surface area contributed by atoms with E-state index in [0.29, 0.717) is 16.0 Å². The molecule has 21 heavy (non-hydrogen) atoms. The van der Waals surface area contributed by atoms with Crippen LogP contribution in [0.1, 0.15) is 50.4 Å². The molecule has 0 amide bonds. The fourth-order valence-corrected chi connectivity index (χ4v) is 4.49. The summed E-state index contributed by atoms with van der Waals surface area (Å²) in [6.45, 7) is 7.19. The van der Waals surface area contributed by atoms with Gasteiger partial charge in [-0.25, -0.2) is 0 Å². The van der Waals surface area contributed by atoms with E-state index in [1.54, 1.807) is 24.3 Å². The van der Waals surface area contributed by atoms with E-state index >= 15 is 0 Å². The molecule has 0 N–H and O–H groups in total. The minimum absolute atomic E-state index is 0.0154. The lowest BCUT2D eigenvalue weighted by Gasteiger charge is -2.38. The molecule has 2 fully saturated rings. The number of hydrogen-bond donors (Lipinski definition) is 0. The van der Waals surface area contributed by atoms with Crippen molar-refractivity contribution in [3.05, 3.63) is 34.9 Å². The van der Waals surface area contributed by atoms with Gasteiger partial charge in [-0.15, -0.1) is 0 Å². The van der Waals surface area contributed by atoms with Crippen LogP contribution in [-0.4, -0.2) is 18.5 Å². The van der Waals surface area contributed by atoms with E-state index in [-0.39, 0.29) is 23.9 Å². The predicted octanol–water partition coefficient (Wildman–Crippen LogP) is 4.75. The van der Waals surface area contributed by atoms with Crippen molar-refractivity contribution >= 4 is 17.4 Å². The zero-order chi connectivity index (χ0) is 15.3. The zero-order valence-electron chi connectivity index (χ0n) is 13.0. The highest BCUT2D eigenvalue weighted by atomic mass is 35.5. The number of rotatable bonds is 4. The second-order valence-electron chi connectivity index (χ2n) is 7.34. The number of ether oxygens (including phenoxy) is 1. The summed E-state index contributed by atoms with van der Waals surface area (Å²) in [5.74, 6) is 0.746. The summed E-state index contributed by atoms with van der Waals surface area (Å²) in [6, 6.07) is 7.08. The molecule has 114 valence electrons. The van der Waals surface area contributed by atoms with E-state index in [0.717, 1.165) is 12.3 Å². The van der Waals surface area contributed by atoms with Gasteiger partial charge >= 0.3 is 0 Å². The average molecular weight is 307 g/mol. The number of benzene rings is 1. The number of hydrogen-bond acceptors (Lipinski definition) is 2. The summed E-state index contributed by atoms with van der Waals surface area (Å²) in [4.78, 5) is 12.2. The van der Waals surface area contributed by atoms with E-state index in [2.05, 4.69) is 20.8 Å². The average Bonchev–Trinajstić information content (AvgIpc) is 2.77. The molecule has 2 aliphatic carbocycles. The van der Waals surface area contributed by atoms with Crippen LogP contribution in [0, 0.1) is 16.7 Å². The molecule has 2 saturated carbocycles. The lowest BCUT2D eigenvalue weighted by molar-refractivity contribution is -0.0390. The van der Waals surface area contributed by atoms with Crippen LogP contribution in [0.4, 0.5) is 0 Å². The van der Waals surface area contributed by atoms with Crippen LogP contribution >= 0.6 is 11.6 Å². The van der Waals surface area contributed by atoms with Crippen molar-refractivity contribution < 1.29 is 9.53 Å². The van der Waals surface area contributed by atoms with Crippen LogP contribution in [0.3, 0.4) is 0 Å². The van der Waals surface area contributed by atoms with Gasteiger partial charge in [0.2, 0.25) is 0 Å². The Morgan fingerprint density at radius 3 is 2.71 bits per heavy atom. The highest BCUT2D eigenvalue weighted by Gasteiger charge is 2.61. The topological polar surface area (TPSA) is 26.3 Å². The Bertz CT molecular complexity index is 566. The van der Waals surface area contributed by atoms with Gasteiger partial charge in [-0.1, -0.05) is 44.5 Å². The molecule has 0 saturated heterocycles.